The van der Waals surface area contributed by atoms with Gasteiger partial charge in [0, 0.05) is 25.7 Å². The number of hydrogen-bond acceptors (Lipinski definition) is 4. The fourth-order valence-corrected chi connectivity index (χ4v) is 4.60. The lowest BCUT2D eigenvalue weighted by atomic mass is 9.82. The first-order valence-corrected chi connectivity index (χ1v) is 9.08. The fraction of sp³-hybridized carbons (Fsp3) is 0.889. The normalized spacial score (nSPS) is 35.4. The number of carbonyl (C=O) groups excluding carboxylic acids is 2. The lowest BCUT2D eigenvalue weighted by molar-refractivity contribution is -0.140. The van der Waals surface area contributed by atoms with Crippen LogP contribution >= 0.6 is 0 Å². The summed E-state index contributed by atoms with van der Waals surface area (Å²) in [6.07, 6.45) is 5.11. The van der Waals surface area contributed by atoms with E-state index in [1.807, 2.05) is 25.7 Å². The molecular formula is C18H31N3O3. The van der Waals surface area contributed by atoms with Crippen molar-refractivity contribution in [3.05, 3.63) is 0 Å². The highest BCUT2D eigenvalue weighted by molar-refractivity contribution is 5.84. The molecular weight excluding hydrogens is 306 g/mol. The smallest absolute Gasteiger partial charge is 0.410 e. The Labute approximate surface area is 144 Å². The van der Waals surface area contributed by atoms with Gasteiger partial charge in [-0.25, -0.2) is 4.79 Å². The number of fused-ring (bicyclic) bond motifs is 2. The van der Waals surface area contributed by atoms with E-state index in [-0.39, 0.29) is 29.0 Å². The van der Waals surface area contributed by atoms with E-state index in [1.165, 1.54) is 0 Å². The third-order valence-corrected chi connectivity index (χ3v) is 6.03. The molecule has 6 heteroatoms. The summed E-state index contributed by atoms with van der Waals surface area (Å²) < 4.78 is 5.44. The molecule has 2 aliphatic carbocycles. The van der Waals surface area contributed by atoms with Crippen molar-refractivity contribution in [3.8, 4) is 0 Å². The lowest BCUT2D eigenvalue weighted by Crippen LogP contribution is -2.45. The van der Waals surface area contributed by atoms with E-state index in [9.17, 15) is 9.59 Å². The zero-order chi connectivity index (χ0) is 17.8. The molecule has 2 saturated carbocycles. The molecule has 1 saturated heterocycles. The van der Waals surface area contributed by atoms with Gasteiger partial charge >= 0.3 is 6.09 Å². The van der Waals surface area contributed by atoms with Crippen molar-refractivity contribution < 1.29 is 14.3 Å². The third-order valence-electron chi connectivity index (χ3n) is 6.03. The van der Waals surface area contributed by atoms with Crippen molar-refractivity contribution >= 4 is 12.0 Å². The summed E-state index contributed by atoms with van der Waals surface area (Å²) in [7, 11) is 1.76. The molecule has 0 spiro atoms. The maximum atomic E-state index is 13.1. The van der Waals surface area contributed by atoms with E-state index in [0.717, 1.165) is 45.1 Å². The molecule has 1 heterocycles. The minimum atomic E-state index is -0.503. The summed E-state index contributed by atoms with van der Waals surface area (Å²) in [5.74, 6) is 0.257. The third kappa shape index (κ3) is 3.13. The number of rotatable bonds is 2. The first-order valence-electron chi connectivity index (χ1n) is 9.08. The van der Waals surface area contributed by atoms with Crippen molar-refractivity contribution in [2.75, 3.05) is 20.1 Å². The molecule has 0 aromatic carbocycles. The van der Waals surface area contributed by atoms with Gasteiger partial charge in [-0.1, -0.05) is 0 Å². The molecule has 3 aliphatic rings. The monoisotopic (exact) mass is 337 g/mol. The summed E-state index contributed by atoms with van der Waals surface area (Å²) >= 11 is 0. The Morgan fingerprint density at radius 3 is 2.33 bits per heavy atom. The van der Waals surface area contributed by atoms with Gasteiger partial charge in [-0.2, -0.15) is 0 Å². The van der Waals surface area contributed by atoms with Gasteiger partial charge in [0.1, 0.15) is 5.60 Å². The summed E-state index contributed by atoms with van der Waals surface area (Å²) in [4.78, 5) is 28.9. The van der Waals surface area contributed by atoms with Gasteiger partial charge in [-0.3, -0.25) is 4.79 Å². The molecule has 2 N–H and O–H groups in total. The molecule has 3 rings (SSSR count). The number of likely N-dealkylation sites (tertiary alicyclic amines) is 1. The number of nitrogens with two attached hydrogens (primary N) is 1. The first-order chi connectivity index (χ1) is 11.0. The van der Waals surface area contributed by atoms with E-state index in [1.54, 1.807) is 11.9 Å². The zero-order valence-electron chi connectivity index (χ0n) is 15.4. The molecule has 6 nitrogen and oxygen atoms in total. The highest BCUT2D eigenvalue weighted by Crippen LogP contribution is 2.56. The quantitative estimate of drug-likeness (QED) is 0.837. The second-order valence-corrected chi connectivity index (χ2v) is 9.10. The Morgan fingerprint density at radius 1 is 1.21 bits per heavy atom. The topological polar surface area (TPSA) is 75.9 Å². The Hall–Kier alpha value is -1.30. The van der Waals surface area contributed by atoms with Gasteiger partial charge in [-0.05, 0) is 59.3 Å². The maximum Gasteiger partial charge on any atom is 0.410 e. The minimum Gasteiger partial charge on any atom is -0.444 e. The van der Waals surface area contributed by atoms with Crippen LogP contribution in [-0.4, -0.2) is 59.1 Å². The molecule has 3 fully saturated rings. The number of nitrogens with zero attached hydrogens (tertiary/aromatic N) is 2. The van der Waals surface area contributed by atoms with Crippen LogP contribution < -0.4 is 5.73 Å². The van der Waals surface area contributed by atoms with Crippen LogP contribution in [0.2, 0.25) is 0 Å². The molecule has 24 heavy (non-hydrogen) atoms. The van der Waals surface area contributed by atoms with E-state index in [0.29, 0.717) is 6.54 Å². The van der Waals surface area contributed by atoms with Crippen molar-refractivity contribution in [2.45, 2.75) is 76.5 Å². The minimum absolute atomic E-state index is 0.0330. The van der Waals surface area contributed by atoms with E-state index in [2.05, 4.69) is 0 Å². The molecule has 0 aromatic rings. The van der Waals surface area contributed by atoms with Crippen LogP contribution in [0.25, 0.3) is 0 Å². The molecule has 2 amide bonds. The fourth-order valence-electron chi connectivity index (χ4n) is 4.60. The van der Waals surface area contributed by atoms with E-state index >= 15 is 0 Å². The van der Waals surface area contributed by atoms with Gasteiger partial charge in [0.15, 0.2) is 0 Å². The van der Waals surface area contributed by atoms with E-state index < -0.39 is 5.60 Å². The van der Waals surface area contributed by atoms with Gasteiger partial charge in [0.25, 0.3) is 0 Å². The Balaban J connectivity index is 1.59. The molecule has 1 atom stereocenters. The van der Waals surface area contributed by atoms with Crippen LogP contribution in [0.4, 0.5) is 4.79 Å². The van der Waals surface area contributed by atoms with Crippen LogP contribution in [0, 0.1) is 5.41 Å². The second kappa shape index (κ2) is 5.61. The Morgan fingerprint density at radius 2 is 1.83 bits per heavy atom. The predicted octanol–water partition coefficient (Wildman–Crippen LogP) is 2.12. The summed E-state index contributed by atoms with van der Waals surface area (Å²) in [5, 5.41) is 0. The van der Waals surface area contributed by atoms with Gasteiger partial charge in [0.05, 0.1) is 11.5 Å². The number of carbonyl (C=O) groups is 2. The van der Waals surface area contributed by atoms with Crippen LogP contribution in [-0.2, 0) is 9.53 Å². The van der Waals surface area contributed by atoms with Crippen LogP contribution in [0.1, 0.15) is 59.3 Å². The Bertz CT molecular complexity index is 532. The van der Waals surface area contributed by atoms with Gasteiger partial charge < -0.3 is 20.3 Å². The second-order valence-electron chi connectivity index (χ2n) is 9.10. The molecule has 1 aliphatic heterocycles. The summed E-state index contributed by atoms with van der Waals surface area (Å²) in [6.45, 7) is 6.91. The van der Waals surface area contributed by atoms with Crippen LogP contribution in [0.3, 0.4) is 0 Å². The summed E-state index contributed by atoms with van der Waals surface area (Å²) in [5.41, 5.74) is 5.52. The summed E-state index contributed by atoms with van der Waals surface area (Å²) in [6, 6.07) is 0.0330. The molecule has 0 unspecified atom stereocenters. The van der Waals surface area contributed by atoms with E-state index in [4.69, 9.17) is 10.5 Å². The van der Waals surface area contributed by atoms with Crippen LogP contribution in [0.15, 0.2) is 0 Å². The number of likely N-dealkylation sites (N-methyl/N-ethyl adjacent to an activating group) is 1. The van der Waals surface area contributed by atoms with Gasteiger partial charge in [-0.15, -0.1) is 0 Å². The number of ether oxygens (including phenoxy) is 1. The van der Waals surface area contributed by atoms with Gasteiger partial charge in [0.2, 0.25) is 5.91 Å². The van der Waals surface area contributed by atoms with Crippen molar-refractivity contribution in [1.82, 2.24) is 9.80 Å². The van der Waals surface area contributed by atoms with Crippen LogP contribution in [0.5, 0.6) is 0 Å². The molecule has 2 bridgehead atoms. The predicted molar refractivity (Wildman–Crippen MR) is 91.4 cm³/mol. The molecule has 0 radical (unpaired) electrons. The molecule has 136 valence electrons. The number of amides is 2. The standard InChI is InChI=1S/C18H31N3O3/c1-16(2,3)24-15(23)20(4)13-5-10-21(11-13)14(22)17-6-8-18(19,12-17)9-7-17/h13H,5-12,19H2,1-4H3/t13-,17?,18?/m1/s1. The molecule has 0 aromatic heterocycles. The lowest BCUT2D eigenvalue weighted by Gasteiger charge is -2.32. The Kier molecular flexibility index (Phi) is 4.10. The highest BCUT2D eigenvalue weighted by Gasteiger charge is 2.57. The maximum absolute atomic E-state index is 13.1. The highest BCUT2D eigenvalue weighted by atomic mass is 16.6. The first kappa shape index (κ1) is 17.5. The SMILES string of the molecule is CN(C(=O)OC(C)(C)C)[C@@H]1CCN(C(=O)C23CCC(N)(CC2)C3)C1. The largest absolute Gasteiger partial charge is 0.444 e. The average Bonchev–Trinajstić information content (AvgIpc) is 3.16. The average molecular weight is 337 g/mol. The van der Waals surface area contributed by atoms with Crippen molar-refractivity contribution in [3.63, 3.8) is 0 Å². The number of hydrogen-bond donors (Lipinski definition) is 1. The zero-order valence-corrected chi connectivity index (χ0v) is 15.4. The van der Waals surface area contributed by atoms with Crippen molar-refractivity contribution in [1.29, 1.82) is 0 Å². The van der Waals surface area contributed by atoms with Crippen molar-refractivity contribution in [2.24, 2.45) is 11.1 Å².